The van der Waals surface area contributed by atoms with Crippen molar-refractivity contribution in [1.29, 1.82) is 0 Å². The van der Waals surface area contributed by atoms with Gasteiger partial charge in [-0.2, -0.15) is 0 Å². The van der Waals surface area contributed by atoms with Gasteiger partial charge in [0.15, 0.2) is 0 Å². The fraction of sp³-hybridized carbons (Fsp3) is 0.900. The summed E-state index contributed by atoms with van der Waals surface area (Å²) in [7, 11) is -0.178. The first kappa shape index (κ1) is 20.8. The summed E-state index contributed by atoms with van der Waals surface area (Å²) in [5, 5.41) is 0. The van der Waals surface area contributed by atoms with E-state index in [2.05, 4.69) is 46.7 Å². The van der Waals surface area contributed by atoms with Crippen LogP contribution in [0.3, 0.4) is 0 Å². The van der Waals surface area contributed by atoms with E-state index < -0.39 is 0 Å². The zero-order chi connectivity index (χ0) is 17.2. The third-order valence-corrected chi connectivity index (χ3v) is 5.29. The highest BCUT2D eigenvalue weighted by Gasteiger charge is 2.49. The SMILES string of the molecule is CCCCCCCCCCCC/C=C/B1OC(C)(C)C(C)(C)O1. The average molecular weight is 322 g/mol. The largest absolute Gasteiger partial charge is 0.486 e. The Morgan fingerprint density at radius 2 is 1.13 bits per heavy atom. The van der Waals surface area contributed by atoms with E-state index >= 15 is 0 Å². The molecule has 1 aliphatic rings. The third-order valence-electron chi connectivity index (χ3n) is 5.29. The topological polar surface area (TPSA) is 18.5 Å². The average Bonchev–Trinajstić information content (AvgIpc) is 2.68. The van der Waals surface area contributed by atoms with Gasteiger partial charge in [-0.1, -0.05) is 76.8 Å². The van der Waals surface area contributed by atoms with Crippen molar-refractivity contribution in [2.24, 2.45) is 0 Å². The maximum Gasteiger partial charge on any atom is 0.486 e. The van der Waals surface area contributed by atoms with E-state index in [1.807, 2.05) is 0 Å². The molecule has 1 fully saturated rings. The van der Waals surface area contributed by atoms with Gasteiger partial charge in [-0.3, -0.25) is 0 Å². The Morgan fingerprint density at radius 3 is 1.61 bits per heavy atom. The van der Waals surface area contributed by atoms with Gasteiger partial charge in [-0.25, -0.2) is 0 Å². The fourth-order valence-corrected chi connectivity index (χ4v) is 2.92. The summed E-state index contributed by atoms with van der Waals surface area (Å²) in [5.41, 5.74) is -0.446. The van der Waals surface area contributed by atoms with Crippen LogP contribution in [0.15, 0.2) is 12.1 Å². The standard InChI is InChI=1S/C20H39BO2/c1-6-7-8-9-10-11-12-13-14-15-16-17-18-21-22-19(2,3)20(4,5)23-21/h17-18H,6-16H2,1-5H3/b18-17+. The Balaban J connectivity index is 1.96. The van der Waals surface area contributed by atoms with E-state index in [1.165, 1.54) is 64.2 Å². The molecule has 0 saturated carbocycles. The van der Waals surface area contributed by atoms with Crippen molar-refractivity contribution in [3.63, 3.8) is 0 Å². The predicted molar refractivity (Wildman–Crippen MR) is 102 cm³/mol. The Morgan fingerprint density at radius 1 is 0.696 bits per heavy atom. The van der Waals surface area contributed by atoms with Crippen LogP contribution in [0.25, 0.3) is 0 Å². The van der Waals surface area contributed by atoms with Crippen LogP contribution in [-0.4, -0.2) is 18.3 Å². The smallest absolute Gasteiger partial charge is 0.400 e. The molecule has 0 aliphatic carbocycles. The summed E-state index contributed by atoms with van der Waals surface area (Å²) >= 11 is 0. The molecule has 2 nitrogen and oxygen atoms in total. The van der Waals surface area contributed by atoms with Gasteiger partial charge in [-0.05, 0) is 40.5 Å². The molecule has 0 aromatic rings. The number of hydrogen-bond acceptors (Lipinski definition) is 2. The molecule has 0 N–H and O–H groups in total. The van der Waals surface area contributed by atoms with Crippen LogP contribution in [0.4, 0.5) is 0 Å². The highest BCUT2D eigenvalue weighted by molar-refractivity contribution is 6.51. The van der Waals surface area contributed by atoms with Crippen molar-refractivity contribution in [1.82, 2.24) is 0 Å². The molecule has 0 bridgehead atoms. The minimum atomic E-state index is -0.223. The number of allylic oxidation sites excluding steroid dienone is 1. The highest BCUT2D eigenvalue weighted by Crippen LogP contribution is 2.36. The molecule has 0 aromatic heterocycles. The second kappa shape index (κ2) is 10.6. The molecule has 0 spiro atoms. The van der Waals surface area contributed by atoms with Gasteiger partial charge in [0.25, 0.3) is 0 Å². The number of hydrogen-bond donors (Lipinski definition) is 0. The molecule has 0 radical (unpaired) electrons. The molecule has 1 aliphatic heterocycles. The van der Waals surface area contributed by atoms with Gasteiger partial charge in [0.1, 0.15) is 0 Å². The Kier molecular flexibility index (Phi) is 9.54. The molecular formula is C20H39BO2. The van der Waals surface area contributed by atoms with Crippen LogP contribution in [0.5, 0.6) is 0 Å². The van der Waals surface area contributed by atoms with E-state index in [9.17, 15) is 0 Å². The van der Waals surface area contributed by atoms with Crippen LogP contribution in [0, 0.1) is 0 Å². The van der Waals surface area contributed by atoms with Crippen molar-refractivity contribution in [2.75, 3.05) is 0 Å². The lowest BCUT2D eigenvalue weighted by atomic mass is 9.89. The van der Waals surface area contributed by atoms with Gasteiger partial charge in [0.05, 0.1) is 11.2 Å². The number of rotatable bonds is 12. The second-order valence-corrected chi connectivity index (χ2v) is 8.02. The fourth-order valence-electron chi connectivity index (χ4n) is 2.92. The Bertz CT molecular complexity index is 321. The molecule has 3 heteroatoms. The zero-order valence-electron chi connectivity index (χ0n) is 16.3. The summed E-state index contributed by atoms with van der Waals surface area (Å²) in [6.07, 6.45) is 17.3. The lowest BCUT2D eigenvalue weighted by molar-refractivity contribution is 0.00578. The van der Waals surface area contributed by atoms with Crippen molar-refractivity contribution < 1.29 is 9.31 Å². The second-order valence-electron chi connectivity index (χ2n) is 8.02. The first-order valence-electron chi connectivity index (χ1n) is 9.91. The summed E-state index contributed by atoms with van der Waals surface area (Å²) in [6.45, 7) is 10.7. The molecule has 23 heavy (non-hydrogen) atoms. The molecule has 0 aromatic carbocycles. The first-order chi connectivity index (χ1) is 10.9. The predicted octanol–water partition coefficient (Wildman–Crippen LogP) is 6.49. The van der Waals surface area contributed by atoms with E-state index in [1.54, 1.807) is 0 Å². The van der Waals surface area contributed by atoms with Crippen molar-refractivity contribution in [2.45, 2.75) is 116 Å². The van der Waals surface area contributed by atoms with E-state index in [-0.39, 0.29) is 18.3 Å². The monoisotopic (exact) mass is 322 g/mol. The quantitative estimate of drug-likeness (QED) is 0.302. The van der Waals surface area contributed by atoms with Gasteiger partial charge < -0.3 is 9.31 Å². The molecule has 1 rings (SSSR count). The van der Waals surface area contributed by atoms with Crippen molar-refractivity contribution in [3.05, 3.63) is 12.1 Å². The lowest BCUT2D eigenvalue weighted by Crippen LogP contribution is -2.41. The lowest BCUT2D eigenvalue weighted by Gasteiger charge is -2.32. The maximum atomic E-state index is 5.95. The highest BCUT2D eigenvalue weighted by atomic mass is 16.7. The zero-order valence-corrected chi connectivity index (χ0v) is 16.3. The summed E-state index contributed by atoms with van der Waals surface area (Å²) in [6, 6.07) is 0. The van der Waals surface area contributed by atoms with Gasteiger partial charge in [-0.15, -0.1) is 0 Å². The van der Waals surface area contributed by atoms with Crippen LogP contribution in [-0.2, 0) is 9.31 Å². The molecule has 0 amide bonds. The molecule has 0 unspecified atom stereocenters. The molecular weight excluding hydrogens is 283 g/mol. The normalized spacial score (nSPS) is 19.8. The van der Waals surface area contributed by atoms with Crippen LogP contribution in [0.2, 0.25) is 0 Å². The van der Waals surface area contributed by atoms with E-state index in [4.69, 9.17) is 9.31 Å². The third kappa shape index (κ3) is 7.89. The van der Waals surface area contributed by atoms with Gasteiger partial charge >= 0.3 is 7.12 Å². The summed E-state index contributed by atoms with van der Waals surface area (Å²) in [5.74, 6) is 2.09. The minimum absolute atomic E-state index is 0.178. The number of unbranched alkanes of at least 4 members (excludes halogenated alkanes) is 10. The van der Waals surface area contributed by atoms with Crippen LogP contribution in [0.1, 0.15) is 105 Å². The maximum absolute atomic E-state index is 5.95. The first-order valence-corrected chi connectivity index (χ1v) is 9.91. The van der Waals surface area contributed by atoms with Gasteiger partial charge in [0, 0.05) is 0 Å². The van der Waals surface area contributed by atoms with Crippen molar-refractivity contribution >= 4 is 7.12 Å². The van der Waals surface area contributed by atoms with Crippen LogP contribution >= 0.6 is 0 Å². The molecule has 0 atom stereocenters. The van der Waals surface area contributed by atoms with Crippen LogP contribution < -0.4 is 0 Å². The Labute approximate surface area is 145 Å². The minimum Gasteiger partial charge on any atom is -0.400 e. The molecule has 1 heterocycles. The van der Waals surface area contributed by atoms with E-state index in [0.717, 1.165) is 6.42 Å². The van der Waals surface area contributed by atoms with E-state index in [0.29, 0.717) is 0 Å². The molecule has 134 valence electrons. The summed E-state index contributed by atoms with van der Waals surface area (Å²) in [4.78, 5) is 0. The van der Waals surface area contributed by atoms with Crippen molar-refractivity contribution in [3.8, 4) is 0 Å². The van der Waals surface area contributed by atoms with Gasteiger partial charge in [0.2, 0.25) is 0 Å². The Hall–Kier alpha value is -0.275. The summed E-state index contributed by atoms with van der Waals surface area (Å²) < 4.78 is 11.9. The molecule has 1 saturated heterocycles.